The number of nitrogens with one attached hydrogen (secondary N) is 1. The average Bonchev–Trinajstić information content (AvgIpc) is 2.45. The second-order valence-electron chi connectivity index (χ2n) is 5.00. The fourth-order valence-corrected chi connectivity index (χ4v) is 1.68. The highest BCUT2D eigenvalue weighted by molar-refractivity contribution is 5.88. The van der Waals surface area contributed by atoms with Crippen LogP contribution in [0, 0.1) is 0 Å². The number of carbonyl (C=O) groups excluding carboxylic acids is 1. The number of aliphatic carboxylic acids is 1. The van der Waals surface area contributed by atoms with Crippen LogP contribution >= 0.6 is 0 Å². The van der Waals surface area contributed by atoms with E-state index in [4.69, 9.17) is 14.6 Å². The molecule has 2 N–H and O–H groups in total. The van der Waals surface area contributed by atoms with Gasteiger partial charge in [-0.2, -0.15) is 0 Å². The summed E-state index contributed by atoms with van der Waals surface area (Å²) in [5, 5.41) is 11.6. The molecule has 0 aliphatic carbocycles. The molecule has 1 rings (SSSR count). The van der Waals surface area contributed by atoms with Crippen molar-refractivity contribution in [1.29, 1.82) is 0 Å². The van der Waals surface area contributed by atoms with E-state index >= 15 is 0 Å². The van der Waals surface area contributed by atoms with E-state index < -0.39 is 23.5 Å². The van der Waals surface area contributed by atoms with E-state index in [0.717, 1.165) is 5.56 Å². The van der Waals surface area contributed by atoms with Gasteiger partial charge in [0.25, 0.3) is 0 Å². The molecule has 0 heterocycles. The van der Waals surface area contributed by atoms with Crippen molar-refractivity contribution in [2.45, 2.75) is 32.1 Å². The summed E-state index contributed by atoms with van der Waals surface area (Å²) >= 11 is 0. The van der Waals surface area contributed by atoms with Crippen LogP contribution in [0.4, 0.5) is 0 Å². The Kier molecular flexibility index (Phi) is 6.33. The van der Waals surface area contributed by atoms with Gasteiger partial charge < -0.3 is 19.9 Å². The molecule has 116 valence electrons. The summed E-state index contributed by atoms with van der Waals surface area (Å²) in [6, 6.07) is 9.42. The lowest BCUT2D eigenvalue weighted by Gasteiger charge is -2.26. The summed E-state index contributed by atoms with van der Waals surface area (Å²) in [6.45, 7) is 3.12. The summed E-state index contributed by atoms with van der Waals surface area (Å²) < 4.78 is 10.3. The van der Waals surface area contributed by atoms with Gasteiger partial charge in [0, 0.05) is 7.11 Å². The van der Waals surface area contributed by atoms with Crippen LogP contribution in [0.5, 0.6) is 0 Å². The number of carboxylic acids is 1. The molecule has 1 aromatic carbocycles. The van der Waals surface area contributed by atoms with Crippen molar-refractivity contribution in [2.24, 2.45) is 0 Å². The summed E-state index contributed by atoms with van der Waals surface area (Å²) in [5.74, 6) is -1.65. The minimum absolute atomic E-state index is 0.126. The molecular formula is C15H21NO5. The Labute approximate surface area is 124 Å². The monoisotopic (exact) mass is 295 g/mol. The molecule has 0 aliphatic heterocycles. The highest BCUT2D eigenvalue weighted by atomic mass is 16.5. The first kappa shape index (κ1) is 17.1. The maximum absolute atomic E-state index is 12.0. The van der Waals surface area contributed by atoms with Crippen molar-refractivity contribution in [3.8, 4) is 0 Å². The van der Waals surface area contributed by atoms with Crippen LogP contribution in [0.1, 0.15) is 19.4 Å². The number of hydrogen-bond acceptors (Lipinski definition) is 4. The molecule has 2 atom stereocenters. The quantitative estimate of drug-likeness (QED) is 0.752. The summed E-state index contributed by atoms with van der Waals surface area (Å²) in [4.78, 5) is 23.2. The van der Waals surface area contributed by atoms with Crippen molar-refractivity contribution in [3.05, 3.63) is 35.9 Å². The third-order valence-electron chi connectivity index (χ3n) is 3.02. The van der Waals surface area contributed by atoms with Gasteiger partial charge in [-0.05, 0) is 19.4 Å². The predicted molar refractivity (Wildman–Crippen MR) is 76.8 cm³/mol. The molecule has 0 fully saturated rings. The van der Waals surface area contributed by atoms with Crippen LogP contribution in [0.25, 0.3) is 0 Å². The number of carboxylic acid groups (broad SMARTS) is 1. The van der Waals surface area contributed by atoms with Crippen molar-refractivity contribution in [2.75, 3.05) is 13.7 Å². The van der Waals surface area contributed by atoms with Gasteiger partial charge in [0.15, 0.2) is 5.54 Å². The van der Waals surface area contributed by atoms with E-state index in [9.17, 15) is 9.59 Å². The molecule has 0 saturated heterocycles. The van der Waals surface area contributed by atoms with Crippen LogP contribution in [0.2, 0.25) is 0 Å². The first-order valence-corrected chi connectivity index (χ1v) is 6.59. The Morgan fingerprint density at radius 3 is 2.48 bits per heavy atom. The largest absolute Gasteiger partial charge is 0.479 e. The first-order valence-electron chi connectivity index (χ1n) is 6.59. The van der Waals surface area contributed by atoms with Crippen LogP contribution in [-0.2, 0) is 25.7 Å². The number of ether oxygens (including phenoxy) is 2. The van der Waals surface area contributed by atoms with Crippen molar-refractivity contribution in [3.63, 3.8) is 0 Å². The first-order chi connectivity index (χ1) is 9.89. The second kappa shape index (κ2) is 7.75. The molecule has 0 bridgehead atoms. The highest BCUT2D eigenvalue weighted by Gasteiger charge is 2.36. The molecule has 0 saturated carbocycles. The zero-order chi connectivity index (χ0) is 15.9. The molecule has 21 heavy (non-hydrogen) atoms. The molecule has 0 spiro atoms. The van der Waals surface area contributed by atoms with E-state index in [1.54, 1.807) is 6.92 Å². The van der Waals surface area contributed by atoms with E-state index in [-0.39, 0.29) is 13.2 Å². The fraction of sp³-hybridized carbons (Fsp3) is 0.467. The number of benzene rings is 1. The lowest BCUT2D eigenvalue weighted by Crippen LogP contribution is -2.57. The van der Waals surface area contributed by atoms with Gasteiger partial charge in [-0.3, -0.25) is 4.79 Å². The Hall–Kier alpha value is -1.92. The minimum Gasteiger partial charge on any atom is -0.479 e. The van der Waals surface area contributed by atoms with Gasteiger partial charge in [-0.1, -0.05) is 30.3 Å². The molecule has 0 aromatic heterocycles. The molecule has 2 unspecified atom stereocenters. The summed E-state index contributed by atoms with van der Waals surface area (Å²) in [5.41, 5.74) is -0.536. The molecule has 6 heteroatoms. The SMILES string of the molecule is COCC(C)(NC(=O)C(C)OCc1ccccc1)C(=O)O. The highest BCUT2D eigenvalue weighted by Crippen LogP contribution is 2.08. The molecule has 6 nitrogen and oxygen atoms in total. The number of amides is 1. The lowest BCUT2D eigenvalue weighted by molar-refractivity contribution is -0.151. The third kappa shape index (κ3) is 5.17. The molecule has 0 aliphatic rings. The molecule has 1 amide bonds. The van der Waals surface area contributed by atoms with Gasteiger partial charge in [0.2, 0.25) is 5.91 Å². The normalized spacial score (nSPS) is 15.0. The second-order valence-corrected chi connectivity index (χ2v) is 5.00. The standard InChI is InChI=1S/C15H21NO5/c1-11(21-9-12-7-5-4-6-8-12)13(17)16-15(2,10-20-3)14(18)19/h4-8,11H,9-10H2,1-3H3,(H,16,17)(H,18,19). The van der Waals surface area contributed by atoms with Crippen LogP contribution in [0.3, 0.4) is 0 Å². The number of methoxy groups -OCH3 is 1. The van der Waals surface area contributed by atoms with Crippen LogP contribution < -0.4 is 5.32 Å². The molecular weight excluding hydrogens is 274 g/mol. The van der Waals surface area contributed by atoms with Crippen molar-refractivity contribution in [1.82, 2.24) is 5.32 Å². The summed E-state index contributed by atoms with van der Waals surface area (Å²) in [7, 11) is 1.38. The topological polar surface area (TPSA) is 84.9 Å². The van der Waals surface area contributed by atoms with Gasteiger partial charge in [-0.25, -0.2) is 4.79 Å². The Morgan fingerprint density at radius 2 is 1.95 bits per heavy atom. The lowest BCUT2D eigenvalue weighted by atomic mass is 10.0. The predicted octanol–water partition coefficient (Wildman–Crippen LogP) is 1.20. The number of carbonyl (C=O) groups is 2. The van der Waals surface area contributed by atoms with Crippen molar-refractivity contribution >= 4 is 11.9 Å². The molecule has 1 aromatic rings. The maximum Gasteiger partial charge on any atom is 0.331 e. The van der Waals surface area contributed by atoms with Gasteiger partial charge >= 0.3 is 5.97 Å². The maximum atomic E-state index is 12.0. The zero-order valence-corrected chi connectivity index (χ0v) is 12.5. The Balaban J connectivity index is 2.55. The van der Waals surface area contributed by atoms with Crippen molar-refractivity contribution < 1.29 is 24.2 Å². The van der Waals surface area contributed by atoms with E-state index in [0.29, 0.717) is 0 Å². The molecule has 0 radical (unpaired) electrons. The van der Waals surface area contributed by atoms with E-state index in [1.165, 1.54) is 14.0 Å². The fourth-order valence-electron chi connectivity index (χ4n) is 1.68. The van der Waals surface area contributed by atoms with Crippen LogP contribution in [0.15, 0.2) is 30.3 Å². The smallest absolute Gasteiger partial charge is 0.331 e. The van der Waals surface area contributed by atoms with Gasteiger partial charge in [0.05, 0.1) is 13.2 Å². The Bertz CT molecular complexity index is 476. The van der Waals surface area contributed by atoms with Gasteiger partial charge in [0.1, 0.15) is 6.10 Å². The zero-order valence-electron chi connectivity index (χ0n) is 12.5. The Morgan fingerprint density at radius 1 is 1.33 bits per heavy atom. The van der Waals surface area contributed by atoms with Gasteiger partial charge in [-0.15, -0.1) is 0 Å². The third-order valence-corrected chi connectivity index (χ3v) is 3.02. The average molecular weight is 295 g/mol. The number of rotatable bonds is 8. The van der Waals surface area contributed by atoms with E-state index in [2.05, 4.69) is 5.32 Å². The van der Waals surface area contributed by atoms with E-state index in [1.807, 2.05) is 30.3 Å². The van der Waals surface area contributed by atoms with Crippen LogP contribution in [-0.4, -0.2) is 42.3 Å². The summed E-state index contributed by atoms with van der Waals surface area (Å²) in [6.07, 6.45) is -0.763. The number of hydrogen-bond donors (Lipinski definition) is 2. The minimum atomic E-state index is -1.48.